The van der Waals surface area contributed by atoms with E-state index < -0.39 is 50.1 Å². The van der Waals surface area contributed by atoms with Gasteiger partial charge in [0.2, 0.25) is 0 Å². The van der Waals surface area contributed by atoms with Gasteiger partial charge in [-0.2, -0.15) is 61.1 Å². The van der Waals surface area contributed by atoms with Crippen molar-refractivity contribution in [2.75, 3.05) is 0 Å². The Morgan fingerprint density at radius 2 is 1.04 bits per heavy atom. The summed E-state index contributed by atoms with van der Waals surface area (Å²) in [5, 5.41) is -7.43. The van der Waals surface area contributed by atoms with Crippen LogP contribution in [0.25, 0.3) is 0 Å². The van der Waals surface area contributed by atoms with Crippen LogP contribution in [0.3, 0.4) is 0 Å². The first-order valence-electron chi connectivity index (χ1n) is 4.46. The maximum Gasteiger partial charge on any atom is 0.472 e. The highest BCUT2D eigenvalue weighted by Gasteiger charge is 2.85. The first kappa shape index (κ1) is 21.6. The lowest BCUT2D eigenvalue weighted by Gasteiger charge is -2.32. The fraction of sp³-hybridized carbons (Fsp3) is 0.833. The van der Waals surface area contributed by atoms with Gasteiger partial charge in [0.05, 0.1) is 0 Å². The molecule has 23 heavy (non-hydrogen) atoms. The Morgan fingerprint density at radius 1 is 0.696 bits per heavy atom. The maximum absolute atomic E-state index is 12.9. The molecule has 0 aromatic rings. The smallest absolute Gasteiger partial charge is 0.263 e. The second-order valence-corrected chi connectivity index (χ2v) is 5.32. The highest BCUT2D eigenvalue weighted by Crippen LogP contribution is 2.54. The quantitative estimate of drug-likeness (QED) is 0.744. The van der Waals surface area contributed by atoms with Gasteiger partial charge in [0.1, 0.15) is 0 Å². The summed E-state index contributed by atoms with van der Waals surface area (Å²) in [6, 6.07) is 0. The molecule has 0 radical (unpaired) electrons. The van der Waals surface area contributed by atoms with E-state index in [0.29, 0.717) is 0 Å². The highest BCUT2D eigenvalue weighted by molar-refractivity contribution is 7.91. The summed E-state index contributed by atoms with van der Waals surface area (Å²) in [6.07, 6.45) is -13.6. The zero-order chi connectivity index (χ0) is 19.3. The van der Waals surface area contributed by atoms with Crippen molar-refractivity contribution in [1.29, 1.82) is 0 Å². The van der Waals surface area contributed by atoms with E-state index in [0.717, 1.165) is 0 Å². The van der Waals surface area contributed by atoms with E-state index in [1.54, 1.807) is 0 Å². The third kappa shape index (κ3) is 3.42. The van der Waals surface area contributed by atoms with Crippen LogP contribution >= 0.6 is 0 Å². The zero-order valence-electron chi connectivity index (χ0n) is 9.67. The van der Waals surface area contributed by atoms with Gasteiger partial charge >= 0.3 is 45.4 Å². The molecule has 0 aliphatic heterocycles. The molecule has 138 valence electrons. The summed E-state index contributed by atoms with van der Waals surface area (Å²) in [7, 11) is -7.63. The molecule has 0 saturated carbocycles. The second kappa shape index (κ2) is 5.30. The first-order valence-corrected chi connectivity index (χ1v) is 5.95. The molecule has 0 aliphatic carbocycles. The van der Waals surface area contributed by atoms with Crippen molar-refractivity contribution < 1.29 is 65.9 Å². The predicted molar refractivity (Wildman–Crippen MR) is 44.0 cm³/mol. The Morgan fingerprint density at radius 3 is 1.30 bits per heavy atom. The lowest BCUT2D eigenvalue weighted by molar-refractivity contribution is -0.382. The molecule has 0 aromatic heterocycles. The van der Waals surface area contributed by atoms with Crippen molar-refractivity contribution in [3.63, 3.8) is 0 Å². The summed E-state index contributed by atoms with van der Waals surface area (Å²) < 4.78 is 166. The number of sulfonamides is 1. The lowest BCUT2D eigenvalue weighted by atomic mass is 10.1. The van der Waals surface area contributed by atoms with Crippen LogP contribution in [-0.2, 0) is 14.8 Å². The van der Waals surface area contributed by atoms with Gasteiger partial charge in [-0.1, -0.05) is 0 Å². The number of rotatable bonds is 4. The van der Waals surface area contributed by atoms with Gasteiger partial charge in [-0.05, 0) is 0 Å². The number of hydrogen-bond donors (Lipinski definition) is 1. The van der Waals surface area contributed by atoms with Crippen LogP contribution in [0.1, 0.15) is 0 Å². The SMILES string of the molecule is O=C(NS(=O)(=O)C(F)(F)C(F)(F)C(F)(F)C(F)(F)F)C(F)(F)F. The predicted octanol–water partition coefficient (Wildman–Crippen LogP) is 2.42. The van der Waals surface area contributed by atoms with Gasteiger partial charge in [0, 0.05) is 0 Å². The van der Waals surface area contributed by atoms with Gasteiger partial charge in [0.15, 0.2) is 0 Å². The molecule has 0 atom stereocenters. The standard InChI is InChI=1S/C6HF12NO3S/c7-2(8,9)1(20)19-23(21,22)6(17,18)4(12,13)3(10,11)5(14,15)16/h(H,19,20). The zero-order valence-corrected chi connectivity index (χ0v) is 10.5. The van der Waals surface area contributed by atoms with E-state index in [-0.39, 0.29) is 0 Å². The Labute approximate surface area is 117 Å². The van der Waals surface area contributed by atoms with Crippen LogP contribution in [0.15, 0.2) is 0 Å². The average Bonchev–Trinajstić information content (AvgIpc) is 2.24. The van der Waals surface area contributed by atoms with Gasteiger partial charge in [-0.3, -0.25) is 4.79 Å². The van der Waals surface area contributed by atoms with Crippen molar-refractivity contribution in [3.05, 3.63) is 0 Å². The molecule has 1 amide bonds. The normalized spacial score (nSPS) is 15.5. The summed E-state index contributed by atoms with van der Waals surface area (Å²) in [4.78, 5) is 10.1. The topological polar surface area (TPSA) is 63.2 Å². The van der Waals surface area contributed by atoms with Crippen molar-refractivity contribution >= 4 is 15.9 Å². The van der Waals surface area contributed by atoms with E-state index >= 15 is 0 Å². The number of hydrogen-bond acceptors (Lipinski definition) is 3. The molecule has 17 heteroatoms. The molecule has 0 unspecified atom stereocenters. The molecule has 0 rings (SSSR count). The van der Waals surface area contributed by atoms with Crippen molar-refractivity contribution in [2.24, 2.45) is 0 Å². The second-order valence-electron chi connectivity index (χ2n) is 3.60. The fourth-order valence-electron chi connectivity index (χ4n) is 0.774. The number of carbonyl (C=O) groups is 1. The molecule has 0 heterocycles. The number of carbonyl (C=O) groups excluding carboxylic acids is 1. The summed E-state index contributed by atoms with van der Waals surface area (Å²) >= 11 is 0. The molecule has 0 aliphatic rings. The molecule has 0 fully saturated rings. The highest BCUT2D eigenvalue weighted by atomic mass is 32.2. The Bertz CT molecular complexity index is 573. The minimum absolute atomic E-state index is 0.756. The maximum atomic E-state index is 12.9. The van der Waals surface area contributed by atoms with E-state index in [9.17, 15) is 65.9 Å². The van der Waals surface area contributed by atoms with Crippen LogP contribution in [0, 0.1) is 0 Å². The molecular weight excluding hydrogens is 394 g/mol. The van der Waals surface area contributed by atoms with Gasteiger partial charge in [-0.25, -0.2) is 4.72 Å². The molecule has 0 spiro atoms. The van der Waals surface area contributed by atoms with E-state index in [2.05, 4.69) is 0 Å². The molecule has 0 saturated heterocycles. The van der Waals surface area contributed by atoms with Crippen LogP contribution in [0.4, 0.5) is 52.7 Å². The van der Waals surface area contributed by atoms with Crippen LogP contribution in [-0.4, -0.2) is 43.8 Å². The van der Waals surface area contributed by atoms with Crippen LogP contribution < -0.4 is 4.72 Å². The largest absolute Gasteiger partial charge is 0.472 e. The van der Waals surface area contributed by atoms with Gasteiger partial charge in [0.25, 0.3) is 0 Å². The Balaban J connectivity index is 6.02. The summed E-state index contributed by atoms with van der Waals surface area (Å²) in [6.45, 7) is 0. The molecular formula is C6HF12NO3S. The lowest BCUT2D eigenvalue weighted by Crippen LogP contribution is -2.65. The Hall–Kier alpha value is -1.42. The van der Waals surface area contributed by atoms with Crippen molar-refractivity contribution in [2.45, 2.75) is 29.5 Å². The minimum atomic E-state index is -7.74. The molecule has 0 bridgehead atoms. The van der Waals surface area contributed by atoms with E-state index in [1.807, 2.05) is 0 Å². The summed E-state index contributed by atoms with van der Waals surface area (Å²) in [5.41, 5.74) is 0. The third-order valence-electron chi connectivity index (χ3n) is 1.94. The number of nitrogens with one attached hydrogen (secondary N) is 1. The van der Waals surface area contributed by atoms with Crippen molar-refractivity contribution in [3.8, 4) is 0 Å². The van der Waals surface area contributed by atoms with E-state index in [4.69, 9.17) is 0 Å². The molecule has 0 aromatic carbocycles. The summed E-state index contributed by atoms with van der Waals surface area (Å²) in [5.74, 6) is -19.2. The van der Waals surface area contributed by atoms with Gasteiger partial charge in [-0.15, -0.1) is 0 Å². The molecule has 1 N–H and O–H groups in total. The average molecular weight is 395 g/mol. The first-order chi connectivity index (χ1) is 9.63. The minimum Gasteiger partial charge on any atom is -0.263 e. The third-order valence-corrected chi connectivity index (χ3v) is 3.32. The number of halogens is 12. The van der Waals surface area contributed by atoms with E-state index in [1.165, 1.54) is 0 Å². The fourth-order valence-corrected chi connectivity index (χ4v) is 1.73. The van der Waals surface area contributed by atoms with Crippen LogP contribution in [0.2, 0.25) is 0 Å². The number of alkyl halides is 12. The van der Waals surface area contributed by atoms with Crippen molar-refractivity contribution in [1.82, 2.24) is 4.72 Å². The molecule has 4 nitrogen and oxygen atoms in total. The van der Waals surface area contributed by atoms with Gasteiger partial charge < -0.3 is 0 Å². The Kier molecular flexibility index (Phi) is 4.97. The monoisotopic (exact) mass is 395 g/mol. The van der Waals surface area contributed by atoms with Crippen LogP contribution in [0.5, 0.6) is 0 Å². The number of amides is 1.